The number of hydrogen-bond donors (Lipinski definition) is 22. The Bertz CT molecular complexity index is 2970. The minimum Gasteiger partial charge on any atom is -0.508 e. The van der Waals surface area contributed by atoms with E-state index in [2.05, 4.69) is 62.8 Å². The third-order valence-electron chi connectivity index (χ3n) is 13.3. The molecule has 37 nitrogen and oxygen atoms in total. The molecule has 0 saturated carbocycles. The number of phenolic OH excluding ortho intramolecular Hbond substituents is 2. The summed E-state index contributed by atoms with van der Waals surface area (Å²) in [6.45, 7) is 0.179. The van der Waals surface area contributed by atoms with Crippen molar-refractivity contribution in [2.45, 2.75) is 138 Å². The fourth-order valence-electron chi connectivity index (χ4n) is 8.41. The number of nitrogens with two attached hydrogens (primary N) is 7. The number of carbonyl (C=O) groups excluding carboxylic acids is 9. The van der Waals surface area contributed by atoms with Crippen LogP contribution in [0.1, 0.15) is 75.8 Å². The van der Waals surface area contributed by atoms with Crippen molar-refractivity contribution in [2.24, 2.45) is 55.1 Å². The third kappa shape index (κ3) is 31.4. The van der Waals surface area contributed by atoms with Gasteiger partial charge in [-0.1, -0.05) is 24.3 Å². The van der Waals surface area contributed by atoms with Gasteiger partial charge in [0.05, 0.1) is 19.4 Å². The number of carbonyl (C=O) groups is 12. The number of carboxylic acids is 3. The van der Waals surface area contributed by atoms with Crippen LogP contribution in [0.3, 0.4) is 0 Å². The average Bonchev–Trinajstić information content (AvgIpc) is 1.11. The fraction of sp³-hybridized carbons (Fsp3) is 0.509. The summed E-state index contributed by atoms with van der Waals surface area (Å²) in [5, 5.41) is 80.0. The van der Waals surface area contributed by atoms with Crippen LogP contribution < -0.4 is 88.0 Å². The first kappa shape index (κ1) is 78.9. The van der Waals surface area contributed by atoms with Gasteiger partial charge in [-0.2, -0.15) is 11.8 Å². The molecule has 0 aliphatic heterocycles. The Hall–Kier alpha value is -10.2. The van der Waals surface area contributed by atoms with Crippen LogP contribution >= 0.6 is 11.8 Å². The number of rotatable bonds is 43. The van der Waals surface area contributed by atoms with Gasteiger partial charge in [-0.15, -0.1) is 0 Å². The smallest absolute Gasteiger partial charge is 0.326 e. The maximum Gasteiger partial charge on any atom is 0.326 e. The normalized spacial score (nSPS) is 14.0. The zero-order valence-corrected chi connectivity index (χ0v) is 51.9. The van der Waals surface area contributed by atoms with Gasteiger partial charge in [0.1, 0.15) is 71.9 Å². The van der Waals surface area contributed by atoms with Crippen molar-refractivity contribution in [1.82, 2.24) is 47.9 Å². The summed E-state index contributed by atoms with van der Waals surface area (Å²) in [5.41, 5.74) is 39.2. The monoisotopic (exact) mass is 1330 g/mol. The number of nitrogens with one attached hydrogen (secondary N) is 9. The Morgan fingerprint density at radius 2 is 0.731 bits per heavy atom. The first-order valence-corrected chi connectivity index (χ1v) is 30.2. The average molecular weight is 1330 g/mol. The Morgan fingerprint density at radius 3 is 1.09 bits per heavy atom. The van der Waals surface area contributed by atoms with Crippen LogP contribution in [0.5, 0.6) is 11.5 Å². The lowest BCUT2D eigenvalue weighted by molar-refractivity contribution is -0.144. The molecule has 0 aromatic heterocycles. The van der Waals surface area contributed by atoms with Gasteiger partial charge in [0.2, 0.25) is 53.2 Å². The van der Waals surface area contributed by atoms with Crippen molar-refractivity contribution >= 4 is 101 Å². The second-order valence-electron chi connectivity index (χ2n) is 20.9. The van der Waals surface area contributed by atoms with Crippen molar-refractivity contribution in [2.75, 3.05) is 38.2 Å². The summed E-state index contributed by atoms with van der Waals surface area (Å²) in [6, 6.07) is -5.88. The van der Waals surface area contributed by atoms with E-state index in [0.29, 0.717) is 5.56 Å². The highest BCUT2D eigenvalue weighted by Gasteiger charge is 2.36. The number of hydrogen-bond acceptors (Lipinski definition) is 20. The van der Waals surface area contributed by atoms with E-state index >= 15 is 0 Å². The molecule has 514 valence electrons. The highest BCUT2D eigenvalue weighted by molar-refractivity contribution is 7.98. The number of aliphatic hydroxyl groups is 1. The Balaban J connectivity index is 2.53. The van der Waals surface area contributed by atoms with Gasteiger partial charge in [0.15, 0.2) is 17.9 Å². The standard InChI is InChI=1S/C55H85N19O18S/c1-27(43(82)67-36(17-21-93-2)48(87)72-39(25-42(80)81)51(90)74-40(52(91)92)23-29-11-15-31(77)16-12-29)66-49(88)38(24-41(78)79)73-50(89)37(22-28-9-13-30(76)14-10-28)71-47(86)35(8-5-20-65-55(61)62)70-46(85)34(7-4-19-64-54(59)60)69-45(84)33(6-3-18-63-53(57)58)68-44(83)32(56)26-75/h9-16,27,32-40,75-77H,3-8,17-26,56H2,1-2H3,(H,66,88)(H,67,82)(H,68,83)(H,69,84)(H,70,85)(H,71,86)(H,72,87)(H,73,89)(H,74,90)(H,78,79)(H,80,81)(H,91,92)(H4,57,58,63)(H4,59,60,64)(H4,61,62,65)/t27-,32-,33-,34-,35-,36-,37-,38-,39-,40-/m0/s1. The molecule has 0 bridgehead atoms. The molecule has 0 aliphatic rings. The van der Waals surface area contributed by atoms with Crippen molar-refractivity contribution in [3.05, 3.63) is 59.7 Å². The highest BCUT2D eigenvalue weighted by Crippen LogP contribution is 2.15. The first-order valence-electron chi connectivity index (χ1n) is 28.8. The van der Waals surface area contributed by atoms with Gasteiger partial charge in [0.25, 0.3) is 0 Å². The molecule has 0 aliphatic carbocycles. The van der Waals surface area contributed by atoms with Gasteiger partial charge in [-0.05, 0) is 99.3 Å². The number of aliphatic carboxylic acids is 3. The largest absolute Gasteiger partial charge is 0.508 e. The molecule has 0 heterocycles. The first-order chi connectivity index (χ1) is 43.8. The SMILES string of the molecule is CSCC[C@H](NC(=O)[C@H](C)NC(=O)[C@H](CC(=O)O)NC(=O)[C@H](Cc1ccc(O)cc1)NC(=O)[C@H](CCCN=C(N)N)NC(=O)[C@H](CCCN=C(N)N)NC(=O)[C@H](CCCN=C(N)N)NC(=O)[C@@H](N)CO)C(=O)N[C@@H](CC(=O)O)C(=O)N[C@@H](Cc1ccc(O)cc1)C(=O)O. The number of benzene rings is 2. The van der Waals surface area contributed by atoms with Crippen LogP contribution in [0.2, 0.25) is 0 Å². The zero-order chi connectivity index (χ0) is 69.9. The molecule has 38 heteroatoms. The molecule has 0 radical (unpaired) electrons. The Morgan fingerprint density at radius 1 is 0.430 bits per heavy atom. The van der Waals surface area contributed by atoms with Gasteiger partial charge in [0, 0.05) is 32.5 Å². The lowest BCUT2D eigenvalue weighted by Gasteiger charge is -2.28. The lowest BCUT2D eigenvalue weighted by Crippen LogP contribution is -2.61. The second-order valence-corrected chi connectivity index (χ2v) is 21.9. The number of thioether (sulfide) groups is 1. The minimum atomic E-state index is -2.02. The quantitative estimate of drug-likeness (QED) is 0.0167. The number of amides is 9. The second kappa shape index (κ2) is 41.2. The maximum absolute atomic E-state index is 14.6. The van der Waals surface area contributed by atoms with E-state index in [1.165, 1.54) is 60.3 Å². The molecule has 2 aromatic rings. The summed E-state index contributed by atoms with van der Waals surface area (Å²) < 4.78 is 0. The summed E-state index contributed by atoms with van der Waals surface area (Å²) in [7, 11) is 0. The number of guanidine groups is 3. The summed E-state index contributed by atoms with van der Waals surface area (Å²) in [5.74, 6) is -15.6. The molecule has 29 N–H and O–H groups in total. The Kier molecular flexibility index (Phi) is 34.9. The van der Waals surface area contributed by atoms with Crippen molar-refractivity contribution < 1.29 is 88.2 Å². The zero-order valence-electron chi connectivity index (χ0n) is 51.1. The molecule has 2 aromatic carbocycles. The highest BCUT2D eigenvalue weighted by atomic mass is 32.2. The van der Waals surface area contributed by atoms with E-state index in [0.717, 1.165) is 6.92 Å². The topological polar surface area (TPSA) is 654 Å². The van der Waals surface area contributed by atoms with Crippen LogP contribution in [0.15, 0.2) is 63.5 Å². The number of carboxylic acid groups (broad SMARTS) is 3. The number of aromatic hydroxyl groups is 2. The van der Waals surface area contributed by atoms with Gasteiger partial charge in [-0.25, -0.2) is 4.79 Å². The van der Waals surface area contributed by atoms with Gasteiger partial charge >= 0.3 is 17.9 Å². The molecule has 9 amide bonds. The van der Waals surface area contributed by atoms with Crippen LogP contribution in [0.25, 0.3) is 0 Å². The van der Waals surface area contributed by atoms with Crippen LogP contribution in [0, 0.1) is 0 Å². The molecule has 2 rings (SSSR count). The number of phenols is 2. The van der Waals surface area contributed by atoms with Crippen molar-refractivity contribution in [3.8, 4) is 11.5 Å². The van der Waals surface area contributed by atoms with E-state index < -0.39 is 157 Å². The number of aliphatic hydroxyl groups excluding tert-OH is 1. The van der Waals surface area contributed by atoms with Crippen molar-refractivity contribution in [1.29, 1.82) is 0 Å². The van der Waals surface area contributed by atoms with Gasteiger partial charge in [-0.3, -0.25) is 67.7 Å². The molecule has 0 unspecified atom stereocenters. The summed E-state index contributed by atoms with van der Waals surface area (Å²) in [4.78, 5) is 173. The summed E-state index contributed by atoms with van der Waals surface area (Å²) >= 11 is 1.22. The number of aliphatic imine (C=N–C) groups is 3. The molecular formula is C55H85N19O18S. The van der Waals surface area contributed by atoms with Crippen LogP contribution in [-0.2, 0) is 70.4 Å². The van der Waals surface area contributed by atoms with Gasteiger partial charge < -0.3 is 119 Å². The lowest BCUT2D eigenvalue weighted by atomic mass is 10.0. The molecule has 93 heavy (non-hydrogen) atoms. The molecule has 0 fully saturated rings. The van der Waals surface area contributed by atoms with Crippen molar-refractivity contribution in [3.63, 3.8) is 0 Å². The molecule has 0 spiro atoms. The van der Waals surface area contributed by atoms with E-state index in [1.54, 1.807) is 6.26 Å². The third-order valence-corrected chi connectivity index (χ3v) is 13.9. The predicted molar refractivity (Wildman–Crippen MR) is 337 cm³/mol. The van der Waals surface area contributed by atoms with E-state index in [-0.39, 0.29) is 112 Å². The molecular weight excluding hydrogens is 1250 g/mol. The fourth-order valence-corrected chi connectivity index (χ4v) is 8.88. The summed E-state index contributed by atoms with van der Waals surface area (Å²) in [6.07, 6.45) is -1.88. The minimum absolute atomic E-state index is 0.00798. The van der Waals surface area contributed by atoms with Crippen LogP contribution in [0.4, 0.5) is 0 Å². The maximum atomic E-state index is 14.6. The number of nitrogens with zero attached hydrogens (tertiary/aromatic N) is 3. The van der Waals surface area contributed by atoms with E-state index in [4.69, 9.17) is 40.1 Å². The van der Waals surface area contributed by atoms with E-state index in [9.17, 15) is 88.2 Å². The molecule has 10 atom stereocenters. The molecule has 0 saturated heterocycles. The van der Waals surface area contributed by atoms with Crippen LogP contribution in [-0.4, -0.2) is 218 Å². The predicted octanol–water partition coefficient (Wildman–Crippen LogP) is -7.47. The Labute approximate surface area is 537 Å². The van der Waals surface area contributed by atoms with E-state index in [1.807, 2.05) is 0 Å².